The van der Waals surface area contributed by atoms with E-state index in [0.717, 1.165) is 5.28 Å². The monoisotopic (exact) mass is 174 g/mol. The molecule has 0 spiro atoms. The highest BCUT2D eigenvalue weighted by molar-refractivity contribution is 6.44. The largest absolute Gasteiger partial charge is 0.674 e. The molecule has 0 heterocycles. The second-order valence-corrected chi connectivity index (χ2v) is 5.13. The average Bonchev–Trinajstić information content (AvgIpc) is 2.05. The minimum atomic E-state index is -1.23. The molecule has 0 aromatic rings. The zero-order chi connectivity index (χ0) is 8.53. The van der Waals surface area contributed by atoms with Gasteiger partial charge in [-0.2, -0.15) is 0 Å². The standard InChI is InChI=1S/C6H13.2CH3O.Al/c1-3-5-6-4-2;2*1-2;/h1,3-6H2,2H3;2*1H3;/q;2*-1;+2. The summed E-state index contributed by atoms with van der Waals surface area (Å²) in [5.41, 5.74) is 0. The van der Waals surface area contributed by atoms with Crippen molar-refractivity contribution in [2.45, 2.75) is 37.9 Å². The molecule has 11 heavy (non-hydrogen) atoms. The topological polar surface area (TPSA) is 18.5 Å². The Morgan fingerprint density at radius 2 is 1.64 bits per heavy atom. The molecule has 0 rings (SSSR count). The summed E-state index contributed by atoms with van der Waals surface area (Å²) in [7, 11) is 3.50. The highest BCUT2D eigenvalue weighted by Crippen LogP contribution is 2.06. The Morgan fingerprint density at radius 3 is 2.09 bits per heavy atom. The van der Waals surface area contributed by atoms with Crippen molar-refractivity contribution in [2.75, 3.05) is 14.2 Å². The van der Waals surface area contributed by atoms with E-state index in [9.17, 15) is 0 Å². The van der Waals surface area contributed by atoms with Gasteiger partial charge in [-0.1, -0.05) is 32.6 Å². The smallest absolute Gasteiger partial charge is 0.481 e. The summed E-state index contributed by atoms with van der Waals surface area (Å²) >= 11 is -1.23. The third-order valence-electron chi connectivity index (χ3n) is 1.82. The Morgan fingerprint density at radius 1 is 1.00 bits per heavy atom. The second-order valence-electron chi connectivity index (χ2n) is 2.75. The van der Waals surface area contributed by atoms with E-state index < -0.39 is 14.8 Å². The molecule has 0 N–H and O–H groups in total. The van der Waals surface area contributed by atoms with Crippen LogP contribution >= 0.6 is 0 Å². The Bertz CT molecular complexity index is 74.5. The van der Waals surface area contributed by atoms with E-state index in [4.69, 9.17) is 7.58 Å². The van der Waals surface area contributed by atoms with Crippen molar-refractivity contribution >= 4 is 14.8 Å². The van der Waals surface area contributed by atoms with Crippen LogP contribution in [0.15, 0.2) is 0 Å². The van der Waals surface area contributed by atoms with Gasteiger partial charge in [-0.05, 0) is 5.28 Å². The Balaban J connectivity index is 3.07. The lowest BCUT2D eigenvalue weighted by Crippen LogP contribution is -2.18. The van der Waals surface area contributed by atoms with Crippen LogP contribution in [-0.2, 0) is 7.58 Å². The van der Waals surface area contributed by atoms with E-state index >= 15 is 0 Å². The van der Waals surface area contributed by atoms with E-state index in [-0.39, 0.29) is 0 Å². The second kappa shape index (κ2) is 8.55. The Kier molecular flexibility index (Phi) is 8.90. The lowest BCUT2D eigenvalue weighted by Gasteiger charge is -2.05. The van der Waals surface area contributed by atoms with Crippen LogP contribution < -0.4 is 0 Å². The molecule has 0 bridgehead atoms. The molecule has 0 aromatic carbocycles. The Hall–Kier alpha value is 0.452. The van der Waals surface area contributed by atoms with E-state index in [0.29, 0.717) is 0 Å². The first-order valence-electron chi connectivity index (χ1n) is 4.40. The Labute approximate surface area is 74.9 Å². The van der Waals surface area contributed by atoms with Crippen LogP contribution in [0, 0.1) is 0 Å². The maximum absolute atomic E-state index is 5.20. The molecule has 0 aliphatic carbocycles. The van der Waals surface area contributed by atoms with Gasteiger partial charge in [-0.3, -0.25) is 0 Å². The molecule has 0 saturated heterocycles. The fraction of sp³-hybridized carbons (Fsp3) is 1.00. The summed E-state index contributed by atoms with van der Waals surface area (Å²) < 4.78 is 10.4. The molecule has 0 amide bonds. The summed E-state index contributed by atoms with van der Waals surface area (Å²) in [5, 5.41) is 1.16. The molecule has 0 fully saturated rings. The van der Waals surface area contributed by atoms with Crippen molar-refractivity contribution in [1.29, 1.82) is 0 Å². The summed E-state index contributed by atoms with van der Waals surface area (Å²) in [6.45, 7) is 2.22. The van der Waals surface area contributed by atoms with Gasteiger partial charge >= 0.3 is 14.8 Å². The van der Waals surface area contributed by atoms with Gasteiger partial charge in [0.1, 0.15) is 0 Å². The summed E-state index contributed by atoms with van der Waals surface area (Å²) in [5.74, 6) is 0. The molecule has 0 radical (unpaired) electrons. The van der Waals surface area contributed by atoms with Crippen LogP contribution in [0.2, 0.25) is 5.28 Å². The molecule has 0 saturated carbocycles. The van der Waals surface area contributed by atoms with Gasteiger partial charge in [0.05, 0.1) is 0 Å². The number of unbranched alkanes of at least 4 members (excludes halogenated alkanes) is 3. The van der Waals surface area contributed by atoms with Crippen LogP contribution in [0.4, 0.5) is 0 Å². The molecule has 0 unspecified atom stereocenters. The molecule has 0 aliphatic rings. The SMILES string of the molecule is CCCCC[CH2][Al]([O]C)[O]C. The van der Waals surface area contributed by atoms with Gasteiger partial charge < -0.3 is 7.58 Å². The molecule has 0 aliphatic heterocycles. The lowest BCUT2D eigenvalue weighted by molar-refractivity contribution is 0.276. The minimum Gasteiger partial charge on any atom is -0.481 e. The molecule has 0 aromatic heterocycles. The molecule has 2 nitrogen and oxygen atoms in total. The summed E-state index contributed by atoms with van der Waals surface area (Å²) in [6, 6.07) is 0. The third kappa shape index (κ3) is 6.84. The third-order valence-corrected chi connectivity index (χ3v) is 3.75. The van der Waals surface area contributed by atoms with Crippen LogP contribution in [0.5, 0.6) is 0 Å². The van der Waals surface area contributed by atoms with Crippen LogP contribution in [-0.4, -0.2) is 29.0 Å². The zero-order valence-electron chi connectivity index (χ0n) is 7.93. The molecular formula is C8H19AlO2. The summed E-state index contributed by atoms with van der Waals surface area (Å²) in [6.07, 6.45) is 5.24. The van der Waals surface area contributed by atoms with E-state index in [2.05, 4.69) is 6.92 Å². The van der Waals surface area contributed by atoms with Crippen molar-refractivity contribution < 1.29 is 7.58 Å². The van der Waals surface area contributed by atoms with Crippen molar-refractivity contribution in [3.8, 4) is 0 Å². The first kappa shape index (κ1) is 11.5. The van der Waals surface area contributed by atoms with Crippen LogP contribution in [0.1, 0.15) is 32.6 Å². The van der Waals surface area contributed by atoms with Gasteiger partial charge in [-0.25, -0.2) is 0 Å². The highest BCUT2D eigenvalue weighted by Gasteiger charge is 2.20. The lowest BCUT2D eigenvalue weighted by atomic mass is 10.2. The van der Waals surface area contributed by atoms with E-state index in [1.165, 1.54) is 25.7 Å². The van der Waals surface area contributed by atoms with Crippen molar-refractivity contribution in [2.24, 2.45) is 0 Å². The van der Waals surface area contributed by atoms with Crippen molar-refractivity contribution in [3.63, 3.8) is 0 Å². The normalized spacial score (nSPS) is 10.1. The fourth-order valence-corrected chi connectivity index (χ4v) is 2.36. The maximum atomic E-state index is 5.20. The number of hydrogen-bond acceptors (Lipinski definition) is 2. The van der Waals surface area contributed by atoms with Crippen LogP contribution in [0.25, 0.3) is 0 Å². The fourth-order valence-electron chi connectivity index (χ4n) is 1.07. The maximum Gasteiger partial charge on any atom is 0.674 e. The van der Waals surface area contributed by atoms with Gasteiger partial charge in [-0.15, -0.1) is 0 Å². The van der Waals surface area contributed by atoms with Gasteiger partial charge in [0.2, 0.25) is 0 Å². The molecule has 3 heteroatoms. The predicted octanol–water partition coefficient (Wildman–Crippen LogP) is 2.35. The number of rotatable bonds is 7. The zero-order valence-corrected chi connectivity index (χ0v) is 9.08. The molecular weight excluding hydrogens is 155 g/mol. The first-order valence-corrected chi connectivity index (χ1v) is 6.16. The van der Waals surface area contributed by atoms with E-state index in [1.807, 2.05) is 0 Å². The van der Waals surface area contributed by atoms with Gasteiger partial charge in [0.15, 0.2) is 0 Å². The quantitative estimate of drug-likeness (QED) is 0.435. The average molecular weight is 174 g/mol. The van der Waals surface area contributed by atoms with Gasteiger partial charge in [0.25, 0.3) is 0 Å². The minimum absolute atomic E-state index is 1.16. The van der Waals surface area contributed by atoms with Crippen molar-refractivity contribution in [3.05, 3.63) is 0 Å². The number of hydrogen-bond donors (Lipinski definition) is 0. The molecule has 66 valence electrons. The van der Waals surface area contributed by atoms with Crippen molar-refractivity contribution in [1.82, 2.24) is 0 Å². The molecule has 0 atom stereocenters. The van der Waals surface area contributed by atoms with Gasteiger partial charge in [0, 0.05) is 14.2 Å². The first-order chi connectivity index (χ1) is 5.35. The summed E-state index contributed by atoms with van der Waals surface area (Å²) in [4.78, 5) is 0. The van der Waals surface area contributed by atoms with Crippen LogP contribution in [0.3, 0.4) is 0 Å². The predicted molar refractivity (Wildman–Crippen MR) is 48.7 cm³/mol. The van der Waals surface area contributed by atoms with E-state index in [1.54, 1.807) is 14.2 Å². The highest BCUT2D eigenvalue weighted by atomic mass is 27.2.